The van der Waals surface area contributed by atoms with Crippen molar-refractivity contribution in [1.82, 2.24) is 0 Å². The zero-order chi connectivity index (χ0) is 61.3. The van der Waals surface area contributed by atoms with Crippen LogP contribution in [0.15, 0.2) is 11.6 Å². The first kappa shape index (κ1) is 65.2. The Morgan fingerprint density at radius 1 is 0.560 bits per heavy atom. The molecule has 5 saturated heterocycles. The minimum atomic E-state index is -1.88. The average molecular weight is 1210 g/mol. The molecule has 0 aromatic rings. The Morgan fingerprint density at radius 3 is 1.76 bits per heavy atom. The molecule has 25 nitrogen and oxygen atoms in total. The maximum Gasteiger partial charge on any atom is 0.315 e. The van der Waals surface area contributed by atoms with Gasteiger partial charge < -0.3 is 119 Å². The molecule has 84 heavy (non-hydrogen) atoms. The molecule has 0 amide bonds. The Bertz CT molecular complexity index is 2340. The number of carbonyl (C=O) groups is 1. The molecule has 4 saturated carbocycles. The van der Waals surface area contributed by atoms with Crippen LogP contribution < -0.4 is 0 Å². The van der Waals surface area contributed by atoms with Crippen LogP contribution in [0.1, 0.15) is 127 Å². The van der Waals surface area contributed by atoms with Gasteiger partial charge in [0.05, 0.1) is 43.5 Å². The quantitative estimate of drug-likeness (QED) is 0.0600. The van der Waals surface area contributed by atoms with Crippen molar-refractivity contribution in [2.24, 2.45) is 50.2 Å². The van der Waals surface area contributed by atoms with Crippen LogP contribution in [0.4, 0.5) is 0 Å². The number of hydrogen-bond donors (Lipinski definition) is 14. The van der Waals surface area contributed by atoms with Crippen molar-refractivity contribution in [3.63, 3.8) is 0 Å². The molecule has 0 aromatic carbocycles. The standard InChI is InChI=1S/C59H96O25/c1-24-34(62)38(66)42(70)49(77-24)82-46-29(21-60)79-48(45(73)41(46)69)76-23-30-37(65)40(68)44(72)51(80-30)84-53(74)59-18-16-54(3,4)20-27(59)26-10-11-32-56(7)14-13-33(55(5,6)31(56)12-15-58(32,9)57(26,8)17-19-59)81-52-47(36(64)28(61)22-75-52)83-50-43(71)39(67)35(63)25(2)78-50/h10,24-25,27-52,60-73H,11-23H2,1-9H3/t24-,25+,27-,28-,29+,30+,31-,32+,33-,34-,35+,36-,37+,38+,39-,40-,41+,42+,43+,44+,45+,46+,47+,48+,49-,50-,51-,52-,56-,57+,58+,59-/m0/s1. The second kappa shape index (κ2) is 23.8. The molecule has 5 aliphatic heterocycles. The average Bonchev–Trinajstić information content (AvgIpc) is 0.691. The van der Waals surface area contributed by atoms with Crippen molar-refractivity contribution < 1.29 is 124 Å². The molecule has 9 fully saturated rings. The molecule has 32 atom stereocenters. The molecule has 10 aliphatic rings. The summed E-state index contributed by atoms with van der Waals surface area (Å²) in [6.45, 7) is 17.3. The summed E-state index contributed by atoms with van der Waals surface area (Å²) in [7, 11) is 0. The molecule has 0 unspecified atom stereocenters. The highest BCUT2D eigenvalue weighted by molar-refractivity contribution is 5.79. The number of allylic oxidation sites excluding steroid dienone is 2. The highest BCUT2D eigenvalue weighted by Crippen LogP contribution is 2.76. The lowest BCUT2D eigenvalue weighted by molar-refractivity contribution is -0.364. The third-order valence-electron chi connectivity index (χ3n) is 23.0. The van der Waals surface area contributed by atoms with Crippen LogP contribution in [-0.2, 0) is 52.2 Å². The smallest absolute Gasteiger partial charge is 0.315 e. The zero-order valence-electron chi connectivity index (χ0n) is 49.7. The fraction of sp³-hybridized carbons (Fsp3) is 0.949. The molecule has 5 heterocycles. The predicted molar refractivity (Wildman–Crippen MR) is 287 cm³/mol. The van der Waals surface area contributed by atoms with Gasteiger partial charge in [0.2, 0.25) is 6.29 Å². The minimum absolute atomic E-state index is 0.150. The van der Waals surface area contributed by atoms with E-state index in [4.69, 9.17) is 47.4 Å². The van der Waals surface area contributed by atoms with Gasteiger partial charge in [0.1, 0.15) is 104 Å². The molecular formula is C59H96O25. The van der Waals surface area contributed by atoms with E-state index < -0.39 is 177 Å². The Hall–Kier alpha value is -1.71. The van der Waals surface area contributed by atoms with Crippen molar-refractivity contribution in [3.05, 3.63) is 11.6 Å². The van der Waals surface area contributed by atoms with Gasteiger partial charge in [-0.2, -0.15) is 0 Å². The fourth-order valence-corrected chi connectivity index (χ4v) is 17.5. The van der Waals surface area contributed by atoms with Gasteiger partial charge in [0, 0.05) is 0 Å². The molecule has 5 aliphatic carbocycles. The Balaban J connectivity index is 0.824. The Kier molecular flexibility index (Phi) is 18.5. The second-order valence-corrected chi connectivity index (χ2v) is 28.6. The lowest BCUT2D eigenvalue weighted by Crippen LogP contribution is -2.66. The van der Waals surface area contributed by atoms with E-state index in [1.54, 1.807) is 0 Å². The molecular weight excluding hydrogens is 1110 g/mol. The second-order valence-electron chi connectivity index (χ2n) is 28.6. The van der Waals surface area contributed by atoms with Crippen LogP contribution in [-0.4, -0.2) is 251 Å². The number of aliphatic hydroxyl groups excluding tert-OH is 14. The maximum atomic E-state index is 15.2. The van der Waals surface area contributed by atoms with Crippen LogP contribution in [0.25, 0.3) is 0 Å². The van der Waals surface area contributed by atoms with Gasteiger partial charge in [-0.05, 0) is 123 Å². The van der Waals surface area contributed by atoms with Gasteiger partial charge in [0.25, 0.3) is 0 Å². The highest BCUT2D eigenvalue weighted by Gasteiger charge is 2.70. The van der Waals surface area contributed by atoms with Crippen LogP contribution in [0.2, 0.25) is 0 Å². The van der Waals surface area contributed by atoms with Gasteiger partial charge in [-0.1, -0.05) is 60.1 Å². The molecule has 10 rings (SSSR count). The summed E-state index contributed by atoms with van der Waals surface area (Å²) in [5.74, 6) is -0.449. The third-order valence-corrected chi connectivity index (χ3v) is 23.0. The molecule has 14 N–H and O–H groups in total. The topological polar surface area (TPSA) is 393 Å². The summed E-state index contributed by atoms with van der Waals surface area (Å²) >= 11 is 0. The normalized spacial score (nSPS) is 54.6. The Labute approximate surface area is 490 Å². The molecule has 482 valence electrons. The molecule has 0 spiro atoms. The summed E-state index contributed by atoms with van der Waals surface area (Å²) in [4.78, 5) is 15.2. The van der Waals surface area contributed by atoms with Crippen molar-refractivity contribution >= 4 is 5.97 Å². The first-order valence-corrected chi connectivity index (χ1v) is 30.5. The number of aliphatic hydroxyl groups is 14. The van der Waals surface area contributed by atoms with E-state index in [9.17, 15) is 71.5 Å². The monoisotopic (exact) mass is 1200 g/mol. The van der Waals surface area contributed by atoms with Crippen molar-refractivity contribution in [3.8, 4) is 0 Å². The summed E-state index contributed by atoms with van der Waals surface area (Å²) in [6.07, 6.45) is -27.9. The van der Waals surface area contributed by atoms with E-state index in [0.29, 0.717) is 38.5 Å². The first-order valence-electron chi connectivity index (χ1n) is 30.5. The van der Waals surface area contributed by atoms with Gasteiger partial charge >= 0.3 is 5.97 Å². The number of ether oxygens (including phenoxy) is 10. The lowest BCUT2D eigenvalue weighted by Gasteiger charge is -2.71. The van der Waals surface area contributed by atoms with E-state index in [0.717, 1.165) is 25.7 Å². The van der Waals surface area contributed by atoms with E-state index >= 15 is 4.79 Å². The van der Waals surface area contributed by atoms with Gasteiger partial charge in [-0.3, -0.25) is 4.79 Å². The summed E-state index contributed by atoms with van der Waals surface area (Å²) in [5.41, 5.74) is -1.12. The van der Waals surface area contributed by atoms with Crippen LogP contribution in [0.5, 0.6) is 0 Å². The molecule has 25 heteroatoms. The summed E-state index contributed by atoms with van der Waals surface area (Å²) in [6, 6.07) is 0. The maximum absolute atomic E-state index is 15.2. The highest BCUT2D eigenvalue weighted by atomic mass is 16.8. The van der Waals surface area contributed by atoms with Gasteiger partial charge in [0.15, 0.2) is 25.2 Å². The molecule has 0 aromatic heterocycles. The minimum Gasteiger partial charge on any atom is -0.432 e. The Morgan fingerprint density at radius 2 is 1.13 bits per heavy atom. The van der Waals surface area contributed by atoms with E-state index in [1.807, 2.05) is 0 Å². The van der Waals surface area contributed by atoms with Crippen LogP contribution >= 0.6 is 0 Å². The summed E-state index contributed by atoms with van der Waals surface area (Å²) < 4.78 is 59.6. The SMILES string of the molecule is C[C@@H]1O[C@@H](O[C@H]2[C@H](O)[C@@H](O)[C@H](OC[C@H]3O[C@@H](OC(=O)[C@]45CCC(C)(C)C[C@H]4C4=CC[C@@H]6[C@@]7(C)CC[C@H](O[C@@H]8OC[C@H](O)[C@H](O)[C@H]8O[C@@H]8O[C@H](C)[C@@H](O)[C@H](O)[C@H]8O)C(C)(C)[C@@H]7CC[C@@]6(C)[C@]4(C)CC5)[C@H](O)[C@@H](O)[C@@H]3O)O[C@@H]2CO)[C@H](O)[C@H](O)[C@H]1O. The zero-order valence-corrected chi connectivity index (χ0v) is 49.7. The van der Waals surface area contributed by atoms with Crippen LogP contribution in [0, 0.1) is 50.2 Å². The van der Waals surface area contributed by atoms with E-state index in [1.165, 1.54) is 19.4 Å². The lowest BCUT2D eigenvalue weighted by atomic mass is 9.33. The molecule has 0 bridgehead atoms. The molecule has 0 radical (unpaired) electrons. The van der Waals surface area contributed by atoms with Gasteiger partial charge in [-0.15, -0.1) is 0 Å². The van der Waals surface area contributed by atoms with Crippen molar-refractivity contribution in [1.29, 1.82) is 0 Å². The number of hydrogen-bond acceptors (Lipinski definition) is 25. The number of esters is 1. The fourth-order valence-electron chi connectivity index (χ4n) is 17.5. The third kappa shape index (κ3) is 10.9. The van der Waals surface area contributed by atoms with E-state index in [-0.39, 0.29) is 52.1 Å². The number of carbonyl (C=O) groups excluding carboxylic acids is 1. The largest absolute Gasteiger partial charge is 0.432 e. The van der Waals surface area contributed by atoms with Gasteiger partial charge in [-0.25, -0.2) is 0 Å². The first-order chi connectivity index (χ1) is 39.3. The summed E-state index contributed by atoms with van der Waals surface area (Å²) in [5, 5.41) is 151. The number of fused-ring (bicyclic) bond motifs is 7. The van der Waals surface area contributed by atoms with Crippen LogP contribution in [0.3, 0.4) is 0 Å². The number of rotatable bonds is 12. The predicted octanol–water partition coefficient (Wildman–Crippen LogP) is -1.52. The van der Waals surface area contributed by atoms with Crippen molar-refractivity contribution in [2.45, 2.75) is 280 Å². The van der Waals surface area contributed by atoms with E-state index in [2.05, 4.69) is 54.5 Å². The van der Waals surface area contributed by atoms with Crippen molar-refractivity contribution in [2.75, 3.05) is 19.8 Å².